The van der Waals surface area contributed by atoms with Gasteiger partial charge < -0.3 is 10.2 Å². The van der Waals surface area contributed by atoms with Crippen LogP contribution < -0.4 is 5.73 Å². The summed E-state index contributed by atoms with van der Waals surface area (Å²) in [6.07, 6.45) is 0.990. The van der Waals surface area contributed by atoms with Crippen molar-refractivity contribution in [2.75, 3.05) is 0 Å². The zero-order valence-electron chi connectivity index (χ0n) is 10.9. The molecular weight excluding hydrogens is 258 g/mol. The number of aromatic nitrogens is 2. The van der Waals surface area contributed by atoms with Gasteiger partial charge in [-0.15, -0.1) is 11.3 Å². The van der Waals surface area contributed by atoms with Crippen molar-refractivity contribution in [3.05, 3.63) is 34.2 Å². The first-order valence-corrected chi connectivity index (χ1v) is 7.16. The molecule has 2 aromatic heterocycles. The molecule has 2 heterocycles. The number of aryl methyl sites for hydroxylation is 1. The van der Waals surface area contributed by atoms with Crippen LogP contribution in [0.25, 0.3) is 22.7 Å². The summed E-state index contributed by atoms with van der Waals surface area (Å²) in [6, 6.07) is 6.02. The van der Waals surface area contributed by atoms with Crippen LogP contribution in [0.15, 0.2) is 28.0 Å². The maximum atomic E-state index is 5.82. The molecule has 5 heteroatoms. The molecule has 4 nitrogen and oxygen atoms in total. The zero-order chi connectivity index (χ0) is 13.4. The highest BCUT2D eigenvalue weighted by molar-refractivity contribution is 7.10. The molecule has 0 saturated carbocycles. The van der Waals surface area contributed by atoms with Gasteiger partial charge in [-0.05, 0) is 31.0 Å². The van der Waals surface area contributed by atoms with Gasteiger partial charge in [0.25, 0.3) is 0 Å². The summed E-state index contributed by atoms with van der Waals surface area (Å²) in [5, 5.41) is 2.83. The summed E-state index contributed by atoms with van der Waals surface area (Å²) in [5.41, 5.74) is 9.50. The number of nitrogens with zero attached hydrogens (tertiary/aromatic N) is 2. The van der Waals surface area contributed by atoms with Gasteiger partial charge >= 0.3 is 0 Å². The number of fused-ring (bicyclic) bond motifs is 1. The zero-order valence-corrected chi connectivity index (χ0v) is 11.7. The molecule has 1 atom stereocenters. The molecule has 0 spiro atoms. The van der Waals surface area contributed by atoms with Gasteiger partial charge in [0, 0.05) is 5.38 Å². The van der Waals surface area contributed by atoms with Gasteiger partial charge in [0.1, 0.15) is 16.2 Å². The molecule has 0 aliphatic carbocycles. The van der Waals surface area contributed by atoms with Crippen molar-refractivity contribution in [3.63, 3.8) is 0 Å². The highest BCUT2D eigenvalue weighted by atomic mass is 32.1. The highest BCUT2D eigenvalue weighted by Crippen LogP contribution is 2.27. The number of oxazole rings is 1. The van der Waals surface area contributed by atoms with Crippen LogP contribution in [-0.2, 0) is 6.42 Å². The van der Waals surface area contributed by atoms with E-state index in [1.165, 1.54) is 16.9 Å². The molecule has 0 saturated heterocycles. The molecule has 0 aliphatic heterocycles. The van der Waals surface area contributed by atoms with Gasteiger partial charge in [0.2, 0.25) is 5.89 Å². The molecule has 19 heavy (non-hydrogen) atoms. The lowest BCUT2D eigenvalue weighted by atomic mass is 10.1. The summed E-state index contributed by atoms with van der Waals surface area (Å²) in [6.45, 7) is 4.04. The molecule has 0 fully saturated rings. The fraction of sp³-hybridized carbons (Fsp3) is 0.286. The van der Waals surface area contributed by atoms with Crippen molar-refractivity contribution in [2.24, 2.45) is 5.73 Å². The van der Waals surface area contributed by atoms with Crippen LogP contribution >= 0.6 is 11.3 Å². The Labute approximate surface area is 115 Å². The average molecular weight is 273 g/mol. The van der Waals surface area contributed by atoms with Crippen LogP contribution in [-0.4, -0.2) is 9.97 Å². The standard InChI is InChI=1S/C14H15N3OS/c1-3-9-4-5-12-10(6-9)16-13(18-12)11-7-19-14(17-11)8(2)15/h4-8H,3,15H2,1-2H3. The van der Waals surface area contributed by atoms with Crippen molar-refractivity contribution in [1.29, 1.82) is 0 Å². The SMILES string of the molecule is CCc1ccc2oc(-c3csc(C(C)N)n3)nc2c1. The van der Waals surface area contributed by atoms with Gasteiger partial charge in [-0.25, -0.2) is 9.97 Å². The molecule has 0 bridgehead atoms. The van der Waals surface area contributed by atoms with E-state index >= 15 is 0 Å². The van der Waals surface area contributed by atoms with Gasteiger partial charge in [-0.3, -0.25) is 0 Å². The van der Waals surface area contributed by atoms with E-state index in [1.54, 1.807) is 0 Å². The second-order valence-electron chi connectivity index (χ2n) is 4.53. The lowest BCUT2D eigenvalue weighted by molar-refractivity contribution is 0.616. The number of rotatable bonds is 3. The van der Waals surface area contributed by atoms with Crippen molar-refractivity contribution in [1.82, 2.24) is 9.97 Å². The maximum absolute atomic E-state index is 5.82. The third kappa shape index (κ3) is 2.27. The first kappa shape index (κ1) is 12.3. The number of benzene rings is 1. The number of nitrogens with two attached hydrogens (primary N) is 1. The predicted octanol–water partition coefficient (Wildman–Crippen LogP) is 3.53. The minimum Gasteiger partial charge on any atom is -0.435 e. The van der Waals surface area contributed by atoms with Crippen LogP contribution in [0.4, 0.5) is 0 Å². The quantitative estimate of drug-likeness (QED) is 0.792. The van der Waals surface area contributed by atoms with Crippen LogP contribution in [0.2, 0.25) is 0 Å². The van der Waals surface area contributed by atoms with E-state index in [4.69, 9.17) is 10.2 Å². The van der Waals surface area contributed by atoms with E-state index in [0.29, 0.717) is 5.89 Å². The molecule has 0 radical (unpaired) electrons. The fourth-order valence-electron chi connectivity index (χ4n) is 1.90. The maximum Gasteiger partial charge on any atom is 0.247 e. The van der Waals surface area contributed by atoms with Crippen molar-refractivity contribution in [2.45, 2.75) is 26.3 Å². The van der Waals surface area contributed by atoms with Crippen LogP contribution in [0, 0.1) is 0 Å². The normalized spacial score (nSPS) is 13.0. The molecule has 0 aliphatic rings. The van der Waals surface area contributed by atoms with Crippen molar-refractivity contribution in [3.8, 4) is 11.6 Å². The Hall–Kier alpha value is -1.72. The van der Waals surface area contributed by atoms with Crippen molar-refractivity contribution < 1.29 is 4.42 Å². The lowest BCUT2D eigenvalue weighted by Crippen LogP contribution is -2.03. The first-order valence-electron chi connectivity index (χ1n) is 6.28. The average Bonchev–Trinajstić information content (AvgIpc) is 3.04. The molecule has 1 unspecified atom stereocenters. The fourth-order valence-corrected chi connectivity index (χ4v) is 2.65. The van der Waals surface area contributed by atoms with Gasteiger partial charge in [0.15, 0.2) is 5.58 Å². The Kier molecular flexibility index (Phi) is 3.08. The molecule has 1 aromatic carbocycles. The summed E-state index contributed by atoms with van der Waals surface area (Å²) in [4.78, 5) is 8.96. The molecule has 98 valence electrons. The smallest absolute Gasteiger partial charge is 0.247 e. The van der Waals surface area contributed by atoms with Crippen molar-refractivity contribution >= 4 is 22.4 Å². The summed E-state index contributed by atoms with van der Waals surface area (Å²) < 4.78 is 5.74. The summed E-state index contributed by atoms with van der Waals surface area (Å²) >= 11 is 1.53. The van der Waals surface area contributed by atoms with E-state index < -0.39 is 0 Å². The minimum atomic E-state index is -0.0603. The highest BCUT2D eigenvalue weighted by Gasteiger charge is 2.13. The predicted molar refractivity (Wildman–Crippen MR) is 77.1 cm³/mol. The van der Waals surface area contributed by atoms with Gasteiger partial charge in [0.05, 0.1) is 6.04 Å². The Morgan fingerprint density at radius 2 is 2.21 bits per heavy atom. The second-order valence-corrected chi connectivity index (χ2v) is 5.42. The van der Waals surface area contributed by atoms with Crippen LogP contribution in [0.1, 0.15) is 30.5 Å². The Morgan fingerprint density at radius 3 is 2.89 bits per heavy atom. The molecule has 3 rings (SSSR count). The Morgan fingerprint density at radius 1 is 1.37 bits per heavy atom. The topological polar surface area (TPSA) is 64.9 Å². The largest absolute Gasteiger partial charge is 0.435 e. The number of hydrogen-bond acceptors (Lipinski definition) is 5. The molecular formula is C14H15N3OS. The third-order valence-electron chi connectivity index (χ3n) is 2.99. The Balaban J connectivity index is 2.04. The number of thiazole rings is 1. The Bertz CT molecular complexity index is 714. The summed E-state index contributed by atoms with van der Waals surface area (Å²) in [7, 11) is 0. The van der Waals surface area contributed by atoms with Crippen LogP contribution in [0.3, 0.4) is 0 Å². The molecule has 0 amide bonds. The van der Waals surface area contributed by atoms with Gasteiger partial charge in [-0.2, -0.15) is 0 Å². The monoisotopic (exact) mass is 273 g/mol. The van der Waals surface area contributed by atoms with E-state index in [-0.39, 0.29) is 6.04 Å². The summed E-state index contributed by atoms with van der Waals surface area (Å²) in [5.74, 6) is 0.561. The third-order valence-corrected chi connectivity index (χ3v) is 4.04. The van der Waals surface area contributed by atoms with Crippen LogP contribution in [0.5, 0.6) is 0 Å². The molecule has 3 aromatic rings. The first-order chi connectivity index (χ1) is 9.17. The number of hydrogen-bond donors (Lipinski definition) is 1. The lowest BCUT2D eigenvalue weighted by Gasteiger charge is -1.95. The van der Waals surface area contributed by atoms with E-state index in [0.717, 1.165) is 28.2 Å². The second kappa shape index (κ2) is 4.75. The molecule has 2 N–H and O–H groups in total. The van der Waals surface area contributed by atoms with E-state index in [2.05, 4.69) is 29.0 Å². The minimum absolute atomic E-state index is 0.0603. The van der Waals surface area contributed by atoms with E-state index in [9.17, 15) is 0 Å². The van der Waals surface area contributed by atoms with Gasteiger partial charge in [-0.1, -0.05) is 13.0 Å². The van der Waals surface area contributed by atoms with E-state index in [1.807, 2.05) is 18.4 Å².